The molecule has 3 atom stereocenters. The average Bonchev–Trinajstić information content (AvgIpc) is 3.41. The van der Waals surface area contributed by atoms with Crippen LogP contribution >= 0.6 is 7.82 Å². The highest BCUT2D eigenvalue weighted by Crippen LogP contribution is 2.43. The molecule has 0 aromatic carbocycles. The number of hydrogen-bond acceptors (Lipinski definition) is 6. The Morgan fingerprint density at radius 2 is 0.810 bits per heavy atom. The fraction of sp³-hybridized carbons (Fsp3) is 0.797. The van der Waals surface area contributed by atoms with Gasteiger partial charge in [0.05, 0.1) is 33.8 Å². The fourth-order valence-electron chi connectivity index (χ4n) is 9.52. The third kappa shape index (κ3) is 59.9. The zero-order chi connectivity index (χ0) is 57.9. The number of esters is 1. The molecule has 79 heavy (non-hydrogen) atoms. The Hall–Kier alpha value is -2.55. The van der Waals surface area contributed by atoms with Gasteiger partial charge in [-0.15, -0.1) is 0 Å². The molecule has 0 radical (unpaired) electrons. The number of likely N-dealkylation sites (N-methyl/N-ethyl adjacent to an activating group) is 1. The highest BCUT2D eigenvalue weighted by Gasteiger charge is 2.30. The molecule has 0 fully saturated rings. The molecular formula is C69H128N2O7P+. The van der Waals surface area contributed by atoms with Crippen LogP contribution in [0.5, 0.6) is 0 Å². The summed E-state index contributed by atoms with van der Waals surface area (Å²) in [5, 5.41) is 3.06. The Morgan fingerprint density at radius 3 is 1.24 bits per heavy atom. The summed E-state index contributed by atoms with van der Waals surface area (Å²) in [5.41, 5.74) is 0. The first-order valence-electron chi connectivity index (χ1n) is 33.3. The molecule has 0 aromatic heterocycles. The third-order valence-corrected chi connectivity index (χ3v) is 15.6. The number of carbonyl (C=O) groups excluding carboxylic acids is 2. The first-order valence-corrected chi connectivity index (χ1v) is 34.8. The second kappa shape index (κ2) is 58.6. The summed E-state index contributed by atoms with van der Waals surface area (Å²) in [7, 11) is 1.49. The molecule has 0 aliphatic carbocycles. The molecular weight excluding hydrogens is 1000 g/mol. The van der Waals surface area contributed by atoms with Gasteiger partial charge < -0.3 is 19.4 Å². The molecule has 0 aliphatic heterocycles. The standard InChI is InChI=1S/C69H127N2O7P/c1-7-10-13-16-19-22-25-28-30-31-32-33-34-35-36-37-38-39-40-41-42-43-46-49-52-55-58-61-68(72)70-66(65-77-79(74,75)76-64-63-71(4,5)6)67(60-57-54-51-48-45-27-24-21-18-15-12-9-3)78-69(73)62-59-56-53-50-47-44-29-26-23-20-17-14-11-8-2/h11,14,19-20,22-23,28,30,32-33,57,60,66-67H,7-10,12-13,15-18,21,24-27,29,31,34-56,58-59,61-65H2,1-6H3,(H-,70,72,74,75)/p+1/b14-11+,22-19-,23-20+,30-28-,33-32-,60-57-. The van der Waals surface area contributed by atoms with E-state index >= 15 is 0 Å². The molecule has 0 aromatic rings. The lowest BCUT2D eigenvalue weighted by molar-refractivity contribution is -0.870. The second-order valence-corrected chi connectivity index (χ2v) is 25.1. The maximum Gasteiger partial charge on any atom is 0.472 e. The highest BCUT2D eigenvalue weighted by atomic mass is 31.2. The normalized spacial score (nSPS) is 14.1. The van der Waals surface area contributed by atoms with E-state index in [1.54, 1.807) is 0 Å². The van der Waals surface area contributed by atoms with Crippen LogP contribution in [-0.2, 0) is 27.9 Å². The predicted molar refractivity (Wildman–Crippen MR) is 341 cm³/mol. The summed E-state index contributed by atoms with van der Waals surface area (Å²) in [4.78, 5) is 37.8. The Balaban J connectivity index is 5.03. The lowest BCUT2D eigenvalue weighted by atomic mass is 10.0. The molecule has 0 spiro atoms. The predicted octanol–water partition coefficient (Wildman–Crippen LogP) is 20.8. The number of phosphoric acid groups is 1. The molecule has 2 N–H and O–H groups in total. The Labute approximate surface area is 489 Å². The fourth-order valence-corrected chi connectivity index (χ4v) is 10.3. The number of unbranched alkanes of at least 4 members (excludes halogenated alkanes) is 34. The van der Waals surface area contributed by atoms with E-state index in [0.717, 1.165) is 96.3 Å². The van der Waals surface area contributed by atoms with E-state index in [9.17, 15) is 19.0 Å². The summed E-state index contributed by atoms with van der Waals surface area (Å²) >= 11 is 0. The molecule has 3 unspecified atom stereocenters. The van der Waals surface area contributed by atoms with Gasteiger partial charge in [-0.3, -0.25) is 18.6 Å². The monoisotopic (exact) mass is 1130 g/mol. The van der Waals surface area contributed by atoms with Crippen LogP contribution in [0.3, 0.4) is 0 Å². The van der Waals surface area contributed by atoms with E-state index in [2.05, 4.69) is 86.8 Å². The molecule has 0 bridgehead atoms. The van der Waals surface area contributed by atoms with Crippen LogP contribution in [0.2, 0.25) is 0 Å². The van der Waals surface area contributed by atoms with Gasteiger partial charge >= 0.3 is 13.8 Å². The first-order chi connectivity index (χ1) is 38.4. The zero-order valence-electron chi connectivity index (χ0n) is 52.6. The van der Waals surface area contributed by atoms with Crippen molar-refractivity contribution in [2.24, 2.45) is 0 Å². The molecule has 10 heteroatoms. The van der Waals surface area contributed by atoms with Crippen molar-refractivity contribution in [2.45, 2.75) is 315 Å². The zero-order valence-corrected chi connectivity index (χ0v) is 53.5. The molecule has 0 aliphatic rings. The molecule has 0 saturated carbocycles. The lowest BCUT2D eigenvalue weighted by Gasteiger charge is -2.27. The number of phosphoric ester groups is 1. The van der Waals surface area contributed by atoms with E-state index in [1.165, 1.54) is 173 Å². The van der Waals surface area contributed by atoms with E-state index in [4.69, 9.17) is 13.8 Å². The number of rotatable bonds is 60. The Bertz CT molecular complexity index is 1580. The molecule has 460 valence electrons. The maximum absolute atomic E-state index is 13.6. The minimum absolute atomic E-state index is 0.0375. The van der Waals surface area contributed by atoms with Gasteiger partial charge in [-0.1, -0.05) is 267 Å². The number of carbonyl (C=O) groups is 2. The van der Waals surface area contributed by atoms with E-state index in [1.807, 2.05) is 33.3 Å². The number of nitrogens with zero attached hydrogens (tertiary/aromatic N) is 1. The van der Waals surface area contributed by atoms with Crippen molar-refractivity contribution in [3.63, 3.8) is 0 Å². The number of hydrogen-bond donors (Lipinski definition) is 2. The Kier molecular flexibility index (Phi) is 56.7. The van der Waals surface area contributed by atoms with Crippen molar-refractivity contribution in [3.8, 4) is 0 Å². The van der Waals surface area contributed by atoms with Crippen LogP contribution in [0.15, 0.2) is 72.9 Å². The minimum atomic E-state index is -4.45. The van der Waals surface area contributed by atoms with Crippen LogP contribution in [0.4, 0.5) is 0 Å². The summed E-state index contributed by atoms with van der Waals surface area (Å²) in [6.45, 7) is 6.89. The van der Waals surface area contributed by atoms with Gasteiger partial charge in [-0.25, -0.2) is 4.57 Å². The Morgan fingerprint density at radius 1 is 0.456 bits per heavy atom. The number of quaternary nitrogens is 1. The first kappa shape index (κ1) is 76.5. The minimum Gasteiger partial charge on any atom is -0.456 e. The summed E-state index contributed by atoms with van der Waals surface area (Å²) < 4.78 is 30.7. The molecule has 0 rings (SSSR count). The van der Waals surface area contributed by atoms with Crippen LogP contribution in [0, 0.1) is 0 Å². The topological polar surface area (TPSA) is 111 Å². The van der Waals surface area contributed by atoms with E-state index < -0.39 is 20.0 Å². The quantitative estimate of drug-likeness (QED) is 0.0205. The molecule has 9 nitrogen and oxygen atoms in total. The SMILES string of the molecule is CC/C=C/C/C=C/CCCCCCCCCC(=O)OC(/C=C\CCCCCCCCCCCC)C(COP(=O)(O)OCC[N+](C)(C)C)NC(=O)CCCCCCCCCCCCCCCC/C=C\C/C=C\C/C=C\CCCCC. The summed E-state index contributed by atoms with van der Waals surface area (Å²) in [6.07, 6.45) is 76.2. The van der Waals surface area contributed by atoms with Gasteiger partial charge in [-0.05, 0) is 96.0 Å². The van der Waals surface area contributed by atoms with Gasteiger partial charge in [0.25, 0.3) is 0 Å². The van der Waals surface area contributed by atoms with Crippen LogP contribution in [0.25, 0.3) is 0 Å². The van der Waals surface area contributed by atoms with Crippen molar-refractivity contribution in [1.82, 2.24) is 5.32 Å². The van der Waals surface area contributed by atoms with Crippen LogP contribution in [-0.4, -0.2) is 74.3 Å². The number of amides is 1. The van der Waals surface area contributed by atoms with Gasteiger partial charge in [0.15, 0.2) is 0 Å². The average molecular weight is 1130 g/mol. The number of allylic oxidation sites excluding steroid dienone is 11. The van der Waals surface area contributed by atoms with Crippen LogP contribution in [0.1, 0.15) is 303 Å². The maximum atomic E-state index is 13.6. The summed E-state index contributed by atoms with van der Waals surface area (Å²) in [5.74, 6) is -0.510. The van der Waals surface area contributed by atoms with Crippen molar-refractivity contribution in [3.05, 3.63) is 72.9 Å². The number of ether oxygens (including phenoxy) is 1. The molecule has 1 amide bonds. The van der Waals surface area contributed by atoms with Crippen molar-refractivity contribution >= 4 is 19.7 Å². The van der Waals surface area contributed by atoms with Crippen molar-refractivity contribution in [2.75, 3.05) is 40.9 Å². The van der Waals surface area contributed by atoms with Gasteiger partial charge in [0.1, 0.15) is 19.3 Å². The molecule has 0 saturated heterocycles. The smallest absolute Gasteiger partial charge is 0.456 e. The van der Waals surface area contributed by atoms with Gasteiger partial charge in [-0.2, -0.15) is 0 Å². The van der Waals surface area contributed by atoms with Crippen molar-refractivity contribution < 1.29 is 37.3 Å². The van der Waals surface area contributed by atoms with Crippen molar-refractivity contribution in [1.29, 1.82) is 0 Å². The second-order valence-electron chi connectivity index (χ2n) is 23.6. The van der Waals surface area contributed by atoms with Gasteiger partial charge in [0.2, 0.25) is 5.91 Å². The lowest BCUT2D eigenvalue weighted by Crippen LogP contribution is -2.47. The highest BCUT2D eigenvalue weighted by molar-refractivity contribution is 7.47. The van der Waals surface area contributed by atoms with E-state index in [-0.39, 0.29) is 31.5 Å². The van der Waals surface area contributed by atoms with Crippen LogP contribution < -0.4 is 5.32 Å². The van der Waals surface area contributed by atoms with E-state index in [0.29, 0.717) is 17.4 Å². The van der Waals surface area contributed by atoms with Gasteiger partial charge in [0, 0.05) is 12.8 Å². The summed E-state index contributed by atoms with van der Waals surface area (Å²) in [6, 6.07) is -0.853. The third-order valence-electron chi connectivity index (χ3n) is 14.6. The largest absolute Gasteiger partial charge is 0.472 e. The number of nitrogens with one attached hydrogen (secondary N) is 1. The molecule has 0 heterocycles.